The minimum atomic E-state index is -0.456. The molecule has 1 fully saturated rings. The molecule has 1 amide bonds. The lowest BCUT2D eigenvalue weighted by Crippen LogP contribution is -2.41. The van der Waals surface area contributed by atoms with E-state index in [0.717, 1.165) is 42.1 Å². The van der Waals surface area contributed by atoms with Crippen LogP contribution in [0.25, 0.3) is 5.65 Å². The number of carbonyl (C=O) groups is 1. The number of aromatic nitrogens is 3. The second-order valence-corrected chi connectivity index (χ2v) is 7.78. The van der Waals surface area contributed by atoms with Crippen molar-refractivity contribution in [2.45, 2.75) is 58.5 Å². The highest BCUT2D eigenvalue weighted by Crippen LogP contribution is 2.28. The third-order valence-electron chi connectivity index (χ3n) is 4.71. The first kappa shape index (κ1) is 18.5. The summed E-state index contributed by atoms with van der Waals surface area (Å²) in [7, 11) is 1.90. The van der Waals surface area contributed by atoms with Crippen molar-refractivity contribution >= 4 is 17.6 Å². The summed E-state index contributed by atoms with van der Waals surface area (Å²) in [5.41, 5.74) is 2.48. The van der Waals surface area contributed by atoms with Crippen molar-refractivity contribution in [2.24, 2.45) is 0 Å². The number of fused-ring (bicyclic) bond motifs is 1. The molecule has 1 aliphatic heterocycles. The summed E-state index contributed by atoms with van der Waals surface area (Å²) in [4.78, 5) is 18.6. The molecule has 7 nitrogen and oxygen atoms in total. The third kappa shape index (κ3) is 3.76. The second-order valence-electron chi connectivity index (χ2n) is 7.78. The molecule has 3 heterocycles. The number of nitrogens with zero attached hydrogens (tertiary/aromatic N) is 4. The summed E-state index contributed by atoms with van der Waals surface area (Å²) in [6.07, 6.45) is 2.42. The van der Waals surface area contributed by atoms with Gasteiger partial charge in [0.15, 0.2) is 11.5 Å². The average Bonchev–Trinajstić information content (AvgIpc) is 2.97. The number of hydrogen-bond acceptors (Lipinski definition) is 5. The Balaban J connectivity index is 1.72. The highest BCUT2D eigenvalue weighted by atomic mass is 16.6. The number of ether oxygens (including phenoxy) is 1. The Hall–Kier alpha value is -2.31. The van der Waals surface area contributed by atoms with Crippen LogP contribution in [0.1, 0.15) is 57.8 Å². The van der Waals surface area contributed by atoms with Gasteiger partial charge in [0.2, 0.25) is 0 Å². The van der Waals surface area contributed by atoms with Crippen LogP contribution in [-0.4, -0.2) is 51.3 Å². The Kier molecular flexibility index (Phi) is 5.07. The van der Waals surface area contributed by atoms with Crippen molar-refractivity contribution in [3.63, 3.8) is 0 Å². The number of anilines is 1. The van der Waals surface area contributed by atoms with Crippen molar-refractivity contribution < 1.29 is 9.53 Å². The molecule has 1 saturated heterocycles. The SMILES string of the molecule is CCc1nc2ccc(C3CCN(C(=O)OC(C)(C)C)CC3)nn2c1NC. The number of imidazole rings is 1. The van der Waals surface area contributed by atoms with E-state index >= 15 is 0 Å². The van der Waals surface area contributed by atoms with Crippen molar-refractivity contribution in [3.05, 3.63) is 23.5 Å². The topological polar surface area (TPSA) is 71.8 Å². The van der Waals surface area contributed by atoms with E-state index in [1.165, 1.54) is 0 Å². The van der Waals surface area contributed by atoms with Gasteiger partial charge >= 0.3 is 6.09 Å². The van der Waals surface area contributed by atoms with Crippen LogP contribution in [0.5, 0.6) is 0 Å². The van der Waals surface area contributed by atoms with Crippen LogP contribution in [0.2, 0.25) is 0 Å². The fourth-order valence-corrected chi connectivity index (χ4v) is 3.39. The van der Waals surface area contributed by atoms with Gasteiger partial charge in [-0.1, -0.05) is 6.92 Å². The molecule has 2 aromatic heterocycles. The fraction of sp³-hybridized carbons (Fsp3) is 0.632. The van der Waals surface area contributed by atoms with Gasteiger partial charge in [0.1, 0.15) is 5.60 Å². The standard InChI is InChI=1S/C19H29N5O2/c1-6-14-17(20-5)24-16(21-14)8-7-15(22-24)13-9-11-23(12-10-13)18(25)26-19(2,3)4/h7-8,13,20H,6,9-12H2,1-5H3. The predicted octanol–water partition coefficient (Wildman–Crippen LogP) is 3.45. The summed E-state index contributed by atoms with van der Waals surface area (Å²) in [5.74, 6) is 1.30. The van der Waals surface area contributed by atoms with Crippen molar-refractivity contribution in [1.82, 2.24) is 19.5 Å². The molecule has 7 heteroatoms. The zero-order chi connectivity index (χ0) is 18.9. The molecule has 0 saturated carbocycles. The van der Waals surface area contributed by atoms with Gasteiger partial charge in [-0.25, -0.2) is 9.78 Å². The quantitative estimate of drug-likeness (QED) is 0.909. The summed E-state index contributed by atoms with van der Waals surface area (Å²) in [6, 6.07) is 4.09. The monoisotopic (exact) mass is 359 g/mol. The van der Waals surface area contributed by atoms with E-state index in [0.29, 0.717) is 19.0 Å². The highest BCUT2D eigenvalue weighted by Gasteiger charge is 2.28. The lowest BCUT2D eigenvalue weighted by atomic mass is 9.93. The second kappa shape index (κ2) is 7.13. The zero-order valence-electron chi connectivity index (χ0n) is 16.4. The maximum atomic E-state index is 12.2. The predicted molar refractivity (Wildman–Crippen MR) is 102 cm³/mol. The third-order valence-corrected chi connectivity index (χ3v) is 4.71. The average molecular weight is 359 g/mol. The highest BCUT2D eigenvalue weighted by molar-refractivity contribution is 5.68. The Morgan fingerprint density at radius 2 is 2.00 bits per heavy atom. The minimum absolute atomic E-state index is 0.223. The normalized spacial score (nSPS) is 16.1. The van der Waals surface area contributed by atoms with E-state index in [2.05, 4.69) is 23.3 Å². The lowest BCUT2D eigenvalue weighted by molar-refractivity contribution is 0.0204. The Labute approximate surface area is 154 Å². The summed E-state index contributed by atoms with van der Waals surface area (Å²) >= 11 is 0. The molecule has 3 rings (SSSR count). The van der Waals surface area contributed by atoms with Crippen LogP contribution >= 0.6 is 0 Å². The molecule has 0 aromatic carbocycles. The molecule has 0 unspecified atom stereocenters. The largest absolute Gasteiger partial charge is 0.444 e. The molecular weight excluding hydrogens is 330 g/mol. The fourth-order valence-electron chi connectivity index (χ4n) is 3.39. The van der Waals surface area contributed by atoms with E-state index in [1.807, 2.05) is 38.4 Å². The molecule has 1 aliphatic rings. The van der Waals surface area contributed by atoms with Crippen LogP contribution < -0.4 is 5.32 Å². The maximum absolute atomic E-state index is 12.2. The van der Waals surface area contributed by atoms with Crippen LogP contribution in [0.4, 0.5) is 10.6 Å². The van der Waals surface area contributed by atoms with Gasteiger partial charge in [-0.3, -0.25) is 0 Å². The molecule has 0 radical (unpaired) electrons. The van der Waals surface area contributed by atoms with Gasteiger partial charge in [0.25, 0.3) is 0 Å². The first-order valence-electron chi connectivity index (χ1n) is 9.36. The number of nitrogens with one attached hydrogen (secondary N) is 1. The van der Waals surface area contributed by atoms with Crippen molar-refractivity contribution in [1.29, 1.82) is 0 Å². The van der Waals surface area contributed by atoms with Crippen molar-refractivity contribution in [2.75, 3.05) is 25.5 Å². The van der Waals surface area contributed by atoms with E-state index in [9.17, 15) is 4.79 Å². The number of rotatable bonds is 3. The van der Waals surface area contributed by atoms with Gasteiger partial charge in [-0.15, -0.1) is 0 Å². The first-order valence-corrected chi connectivity index (χ1v) is 9.36. The number of piperidine rings is 1. The molecule has 142 valence electrons. The summed E-state index contributed by atoms with van der Waals surface area (Å²) < 4.78 is 7.37. The Morgan fingerprint density at radius 3 is 2.58 bits per heavy atom. The Morgan fingerprint density at radius 1 is 1.31 bits per heavy atom. The smallest absolute Gasteiger partial charge is 0.410 e. The number of aryl methyl sites for hydroxylation is 1. The number of carbonyl (C=O) groups excluding carboxylic acids is 1. The van der Waals surface area contributed by atoms with Crippen molar-refractivity contribution in [3.8, 4) is 0 Å². The van der Waals surface area contributed by atoms with Crippen LogP contribution in [0.3, 0.4) is 0 Å². The first-order chi connectivity index (χ1) is 12.3. The number of likely N-dealkylation sites (tertiary alicyclic amines) is 1. The number of amides is 1. The van der Waals surface area contributed by atoms with E-state index < -0.39 is 5.60 Å². The van der Waals surface area contributed by atoms with Crippen LogP contribution in [0.15, 0.2) is 12.1 Å². The summed E-state index contributed by atoms with van der Waals surface area (Å²) in [5, 5.41) is 8.04. The van der Waals surface area contributed by atoms with Gasteiger partial charge in [0, 0.05) is 26.1 Å². The summed E-state index contributed by atoms with van der Waals surface area (Å²) in [6.45, 7) is 9.17. The number of hydrogen-bond donors (Lipinski definition) is 1. The van der Waals surface area contributed by atoms with E-state index in [1.54, 1.807) is 4.90 Å². The molecular formula is C19H29N5O2. The molecule has 26 heavy (non-hydrogen) atoms. The van der Waals surface area contributed by atoms with Gasteiger partial charge in [0.05, 0.1) is 11.4 Å². The van der Waals surface area contributed by atoms with E-state index in [4.69, 9.17) is 9.84 Å². The maximum Gasteiger partial charge on any atom is 0.410 e. The molecule has 2 aromatic rings. The van der Waals surface area contributed by atoms with Gasteiger partial charge < -0.3 is 15.0 Å². The molecule has 0 bridgehead atoms. The van der Waals surface area contributed by atoms with Gasteiger partial charge in [-0.05, 0) is 52.2 Å². The Bertz CT molecular complexity index is 785. The van der Waals surface area contributed by atoms with E-state index in [-0.39, 0.29) is 6.09 Å². The molecule has 1 N–H and O–H groups in total. The lowest BCUT2D eigenvalue weighted by Gasteiger charge is -2.33. The van der Waals surface area contributed by atoms with Crippen LogP contribution in [-0.2, 0) is 11.2 Å². The van der Waals surface area contributed by atoms with Gasteiger partial charge in [-0.2, -0.15) is 9.61 Å². The van der Waals surface area contributed by atoms with Crippen LogP contribution in [0, 0.1) is 0 Å². The molecule has 0 atom stereocenters. The molecule has 0 spiro atoms. The molecule has 0 aliphatic carbocycles. The minimum Gasteiger partial charge on any atom is -0.444 e. The zero-order valence-corrected chi connectivity index (χ0v) is 16.4.